The molecule has 28 heavy (non-hydrogen) atoms. The van der Waals surface area contributed by atoms with Crippen molar-refractivity contribution in [2.45, 2.75) is 6.54 Å². The Kier molecular flexibility index (Phi) is 7.71. The number of hydrogen-bond donors (Lipinski definition) is 3. The van der Waals surface area contributed by atoms with E-state index in [9.17, 15) is 4.79 Å². The summed E-state index contributed by atoms with van der Waals surface area (Å²) >= 11 is 18.1. The van der Waals surface area contributed by atoms with E-state index in [0.29, 0.717) is 16.6 Å². The summed E-state index contributed by atoms with van der Waals surface area (Å²) in [6.07, 6.45) is 1.56. The molecule has 0 atom stereocenters. The lowest BCUT2D eigenvalue weighted by Crippen LogP contribution is -3.28. The van der Waals surface area contributed by atoms with Crippen molar-refractivity contribution in [1.82, 2.24) is 5.43 Å². The fourth-order valence-corrected chi connectivity index (χ4v) is 3.77. The molecule has 0 aromatic heterocycles. The van der Waals surface area contributed by atoms with Gasteiger partial charge in [-0.1, -0.05) is 59.1 Å². The summed E-state index contributed by atoms with van der Waals surface area (Å²) in [4.78, 5) is 14.9. The maximum Gasteiger partial charge on any atom is 0.295 e. The van der Waals surface area contributed by atoms with Gasteiger partial charge >= 0.3 is 0 Å². The van der Waals surface area contributed by atoms with Crippen molar-refractivity contribution in [1.29, 1.82) is 0 Å². The van der Waals surface area contributed by atoms with Crippen LogP contribution in [0.5, 0.6) is 0 Å². The highest BCUT2D eigenvalue weighted by Crippen LogP contribution is 2.21. The van der Waals surface area contributed by atoms with Crippen LogP contribution in [0.4, 0.5) is 0 Å². The molecule has 0 bridgehead atoms. The average Bonchev–Trinajstić information content (AvgIpc) is 2.68. The molecule has 0 unspecified atom stereocenters. The van der Waals surface area contributed by atoms with Crippen LogP contribution >= 0.6 is 34.8 Å². The van der Waals surface area contributed by atoms with Gasteiger partial charge in [0.15, 0.2) is 6.54 Å². The normalized spacial score (nSPS) is 19.7. The van der Waals surface area contributed by atoms with E-state index in [1.165, 1.54) is 15.4 Å². The van der Waals surface area contributed by atoms with E-state index in [4.69, 9.17) is 34.8 Å². The number of piperazine rings is 1. The van der Waals surface area contributed by atoms with Crippen LogP contribution in [0, 0.1) is 0 Å². The highest BCUT2D eigenvalue weighted by molar-refractivity contribution is 6.42. The summed E-state index contributed by atoms with van der Waals surface area (Å²) in [7, 11) is 0. The molecule has 1 saturated heterocycles. The molecule has 1 fully saturated rings. The molecule has 2 aromatic rings. The average molecular weight is 442 g/mol. The Hall–Kier alpha value is -1.63. The second-order valence-corrected chi connectivity index (χ2v) is 8.13. The third-order valence-electron chi connectivity index (χ3n) is 4.82. The first-order chi connectivity index (χ1) is 13.5. The maximum atomic E-state index is 12.1. The van der Waals surface area contributed by atoms with Crippen LogP contribution in [-0.4, -0.2) is 44.8 Å². The molecular formula is C20H23Cl3N4O+2. The molecule has 5 nitrogen and oxygen atoms in total. The second kappa shape index (κ2) is 10.2. The van der Waals surface area contributed by atoms with Crippen LogP contribution < -0.4 is 15.2 Å². The summed E-state index contributed by atoms with van der Waals surface area (Å²) in [6, 6.07) is 13.2. The monoisotopic (exact) mass is 440 g/mol. The molecule has 1 aliphatic rings. The van der Waals surface area contributed by atoms with E-state index >= 15 is 0 Å². The number of halogens is 3. The van der Waals surface area contributed by atoms with E-state index in [2.05, 4.69) is 16.6 Å². The van der Waals surface area contributed by atoms with Crippen molar-refractivity contribution in [2.75, 3.05) is 32.7 Å². The first-order valence-electron chi connectivity index (χ1n) is 9.19. The Balaban J connectivity index is 1.40. The van der Waals surface area contributed by atoms with E-state index in [1.54, 1.807) is 24.4 Å². The lowest BCUT2D eigenvalue weighted by molar-refractivity contribution is -1.02. The standard InChI is InChI=1S/C20H21Cl3N4O/c21-17-4-2-1-3-16(17)13-26-7-9-27(10-8-26)14-20(28)25-24-12-15-5-6-18(22)19(23)11-15/h1-6,11-12H,7-10,13-14H2,(H,25,28)/p+2. The minimum Gasteiger partial charge on any atom is -0.322 e. The van der Waals surface area contributed by atoms with E-state index in [1.807, 2.05) is 18.2 Å². The Labute approximate surface area is 179 Å². The number of benzene rings is 2. The fraction of sp³-hybridized carbons (Fsp3) is 0.300. The molecule has 148 valence electrons. The van der Waals surface area contributed by atoms with Crippen molar-refractivity contribution >= 4 is 46.9 Å². The van der Waals surface area contributed by atoms with E-state index in [0.717, 1.165) is 43.3 Å². The quantitative estimate of drug-likeness (QED) is 0.456. The van der Waals surface area contributed by atoms with Crippen LogP contribution in [-0.2, 0) is 11.3 Å². The van der Waals surface area contributed by atoms with Crippen LogP contribution in [0.25, 0.3) is 0 Å². The van der Waals surface area contributed by atoms with Gasteiger partial charge in [-0.2, -0.15) is 5.10 Å². The molecule has 0 spiro atoms. The van der Waals surface area contributed by atoms with Gasteiger partial charge < -0.3 is 9.80 Å². The minimum atomic E-state index is -0.0964. The van der Waals surface area contributed by atoms with Gasteiger partial charge in [0.25, 0.3) is 5.91 Å². The SMILES string of the molecule is O=C(C[NH+]1CC[NH+](Cc2ccccc2Cl)CC1)NN=Cc1ccc(Cl)c(Cl)c1. The first-order valence-corrected chi connectivity index (χ1v) is 10.3. The molecule has 3 N–H and O–H groups in total. The van der Waals surface area contributed by atoms with Crippen molar-refractivity contribution in [3.63, 3.8) is 0 Å². The van der Waals surface area contributed by atoms with Gasteiger partial charge in [0.1, 0.15) is 32.7 Å². The zero-order chi connectivity index (χ0) is 19.9. The third-order valence-corrected chi connectivity index (χ3v) is 5.93. The summed E-state index contributed by atoms with van der Waals surface area (Å²) in [5, 5.41) is 5.77. The molecular weight excluding hydrogens is 419 g/mol. The number of carbonyl (C=O) groups is 1. The number of nitrogens with zero attached hydrogens (tertiary/aromatic N) is 1. The van der Waals surface area contributed by atoms with Crippen LogP contribution in [0.15, 0.2) is 47.6 Å². The lowest BCUT2D eigenvalue weighted by atomic mass is 10.2. The van der Waals surface area contributed by atoms with Gasteiger partial charge in [-0.25, -0.2) is 5.43 Å². The Bertz CT molecular complexity index is 851. The molecule has 0 saturated carbocycles. The summed E-state index contributed by atoms with van der Waals surface area (Å²) in [6.45, 7) is 5.26. The van der Waals surface area contributed by atoms with E-state index < -0.39 is 0 Å². The van der Waals surface area contributed by atoms with Gasteiger partial charge in [-0.15, -0.1) is 0 Å². The van der Waals surface area contributed by atoms with Crippen LogP contribution in [0.1, 0.15) is 11.1 Å². The largest absolute Gasteiger partial charge is 0.322 e. The van der Waals surface area contributed by atoms with Crippen molar-refractivity contribution in [3.05, 3.63) is 68.7 Å². The van der Waals surface area contributed by atoms with E-state index in [-0.39, 0.29) is 5.91 Å². The molecule has 1 amide bonds. The first kappa shape index (κ1) is 21.1. The maximum absolute atomic E-state index is 12.1. The zero-order valence-corrected chi connectivity index (χ0v) is 17.6. The highest BCUT2D eigenvalue weighted by atomic mass is 35.5. The Morgan fingerprint density at radius 2 is 1.68 bits per heavy atom. The fourth-order valence-electron chi connectivity index (χ4n) is 3.26. The van der Waals surface area contributed by atoms with Crippen LogP contribution in [0.3, 0.4) is 0 Å². The van der Waals surface area contributed by atoms with Crippen LogP contribution in [0.2, 0.25) is 15.1 Å². The molecule has 3 rings (SSSR count). The summed E-state index contributed by atoms with van der Waals surface area (Å²) < 4.78 is 0. The molecule has 8 heteroatoms. The Morgan fingerprint density at radius 3 is 2.39 bits per heavy atom. The van der Waals surface area contributed by atoms with Gasteiger partial charge in [0.2, 0.25) is 0 Å². The molecule has 1 aliphatic heterocycles. The predicted molar refractivity (Wildman–Crippen MR) is 114 cm³/mol. The molecule has 1 heterocycles. The smallest absolute Gasteiger partial charge is 0.295 e. The summed E-state index contributed by atoms with van der Waals surface area (Å²) in [5.41, 5.74) is 4.53. The summed E-state index contributed by atoms with van der Waals surface area (Å²) in [5.74, 6) is -0.0964. The predicted octanol–water partition coefficient (Wildman–Crippen LogP) is 1.08. The number of amides is 1. The van der Waals surface area contributed by atoms with Gasteiger partial charge in [0, 0.05) is 10.6 Å². The number of hydrazone groups is 1. The van der Waals surface area contributed by atoms with Gasteiger partial charge in [0.05, 0.1) is 16.3 Å². The van der Waals surface area contributed by atoms with Crippen molar-refractivity contribution in [2.24, 2.45) is 5.10 Å². The highest BCUT2D eigenvalue weighted by Gasteiger charge is 2.25. The molecule has 0 radical (unpaired) electrons. The zero-order valence-electron chi connectivity index (χ0n) is 15.4. The van der Waals surface area contributed by atoms with Gasteiger partial charge in [-0.05, 0) is 23.8 Å². The van der Waals surface area contributed by atoms with Gasteiger partial charge in [-0.3, -0.25) is 4.79 Å². The number of rotatable bonds is 6. The number of nitrogens with one attached hydrogen (secondary N) is 3. The number of hydrogen-bond acceptors (Lipinski definition) is 2. The minimum absolute atomic E-state index is 0.0964. The Morgan fingerprint density at radius 1 is 0.964 bits per heavy atom. The number of quaternary nitrogens is 2. The van der Waals surface area contributed by atoms with Crippen molar-refractivity contribution in [3.8, 4) is 0 Å². The topological polar surface area (TPSA) is 50.3 Å². The lowest BCUT2D eigenvalue weighted by Gasteiger charge is -2.29. The molecule has 2 aromatic carbocycles. The third kappa shape index (κ3) is 6.19. The molecule has 0 aliphatic carbocycles. The van der Waals surface area contributed by atoms with Crippen molar-refractivity contribution < 1.29 is 14.6 Å². The second-order valence-electron chi connectivity index (χ2n) is 6.91. The number of carbonyl (C=O) groups excluding carboxylic acids is 1.